The number of pyridine rings is 1. The number of guanidine groups is 1. The fourth-order valence-electron chi connectivity index (χ4n) is 2.65. The molecule has 3 N–H and O–H groups in total. The maximum atomic E-state index is 5.90. The molecule has 3 rings (SSSR count). The molecule has 0 bridgehead atoms. The summed E-state index contributed by atoms with van der Waals surface area (Å²) < 4.78 is 0. The average Bonchev–Trinajstić information content (AvgIpc) is 2.46. The summed E-state index contributed by atoms with van der Waals surface area (Å²) in [5.41, 5.74) is 8.22. The van der Waals surface area contributed by atoms with E-state index in [2.05, 4.69) is 39.6 Å². The molecule has 0 saturated heterocycles. The normalized spacial score (nSPS) is 15.9. The molecule has 1 saturated carbocycles. The fourth-order valence-corrected chi connectivity index (χ4v) is 2.65. The second-order valence-corrected chi connectivity index (χ2v) is 5.69. The van der Waals surface area contributed by atoms with Crippen LogP contribution in [0.3, 0.4) is 0 Å². The Kier molecular flexibility index (Phi) is 4.34. The molecule has 1 aliphatic carbocycles. The van der Waals surface area contributed by atoms with E-state index in [0.29, 0.717) is 5.96 Å². The van der Waals surface area contributed by atoms with Gasteiger partial charge in [-0.2, -0.15) is 0 Å². The zero-order valence-electron chi connectivity index (χ0n) is 12.3. The Hall–Kier alpha value is -2.10. The summed E-state index contributed by atoms with van der Waals surface area (Å²) in [6.07, 6.45) is 6.69. The Morgan fingerprint density at radius 3 is 2.95 bits per heavy atom. The molecule has 0 amide bonds. The lowest BCUT2D eigenvalue weighted by atomic mass is 9.86. The lowest BCUT2D eigenvalue weighted by Crippen LogP contribution is -2.34. The Morgan fingerprint density at radius 1 is 1.29 bits per heavy atom. The van der Waals surface area contributed by atoms with Gasteiger partial charge in [-0.05, 0) is 36.8 Å². The second kappa shape index (κ2) is 6.57. The molecule has 0 aliphatic heterocycles. The highest BCUT2D eigenvalue weighted by Gasteiger charge is 2.16. The second-order valence-electron chi connectivity index (χ2n) is 5.69. The van der Waals surface area contributed by atoms with Crippen LogP contribution in [0, 0.1) is 5.92 Å². The summed E-state index contributed by atoms with van der Waals surface area (Å²) in [5, 5.41) is 4.38. The number of nitrogens with zero attached hydrogens (tertiary/aromatic N) is 2. The maximum Gasteiger partial charge on any atom is 0.188 e. The van der Waals surface area contributed by atoms with E-state index < -0.39 is 0 Å². The van der Waals surface area contributed by atoms with E-state index in [1.807, 2.05) is 12.3 Å². The minimum Gasteiger partial charge on any atom is -0.370 e. The minimum atomic E-state index is 0.565. The molecule has 1 aromatic carbocycles. The fraction of sp³-hybridized carbons (Fsp3) is 0.412. The molecule has 2 aromatic rings. The lowest BCUT2D eigenvalue weighted by molar-refractivity contribution is 0.326. The van der Waals surface area contributed by atoms with Crippen LogP contribution in [0.1, 0.15) is 24.8 Å². The molecule has 0 radical (unpaired) electrons. The summed E-state index contributed by atoms with van der Waals surface area (Å²) in [7, 11) is 0. The topological polar surface area (TPSA) is 63.3 Å². The summed E-state index contributed by atoms with van der Waals surface area (Å²) >= 11 is 0. The van der Waals surface area contributed by atoms with Gasteiger partial charge in [-0.25, -0.2) is 0 Å². The van der Waals surface area contributed by atoms with Gasteiger partial charge in [-0.15, -0.1) is 0 Å². The third-order valence-corrected chi connectivity index (χ3v) is 4.16. The molecule has 1 heterocycles. The van der Waals surface area contributed by atoms with Crippen molar-refractivity contribution in [3.8, 4) is 0 Å². The van der Waals surface area contributed by atoms with Crippen LogP contribution in [-0.2, 0) is 6.42 Å². The Balaban J connectivity index is 1.54. The summed E-state index contributed by atoms with van der Waals surface area (Å²) in [5.74, 6) is 1.32. The van der Waals surface area contributed by atoms with E-state index in [1.165, 1.54) is 30.2 Å². The molecule has 0 atom stereocenters. The van der Waals surface area contributed by atoms with Gasteiger partial charge >= 0.3 is 0 Å². The van der Waals surface area contributed by atoms with Crippen molar-refractivity contribution < 1.29 is 0 Å². The van der Waals surface area contributed by atoms with E-state index >= 15 is 0 Å². The van der Waals surface area contributed by atoms with Gasteiger partial charge < -0.3 is 11.1 Å². The van der Waals surface area contributed by atoms with Gasteiger partial charge in [0.05, 0.1) is 5.52 Å². The van der Waals surface area contributed by atoms with Crippen LogP contribution < -0.4 is 11.1 Å². The van der Waals surface area contributed by atoms with Crippen molar-refractivity contribution >= 4 is 16.9 Å². The molecule has 1 aliphatic rings. The van der Waals surface area contributed by atoms with Gasteiger partial charge in [-0.3, -0.25) is 9.98 Å². The van der Waals surface area contributed by atoms with Gasteiger partial charge in [0.2, 0.25) is 0 Å². The quantitative estimate of drug-likeness (QED) is 0.654. The first kappa shape index (κ1) is 13.9. The van der Waals surface area contributed by atoms with Gasteiger partial charge in [0.15, 0.2) is 5.96 Å². The molecular formula is C17H22N4. The van der Waals surface area contributed by atoms with Gasteiger partial charge in [0.1, 0.15) is 0 Å². The first-order valence-electron chi connectivity index (χ1n) is 7.69. The Labute approximate surface area is 125 Å². The molecule has 1 aromatic heterocycles. The number of aliphatic imine (C=N–C) groups is 1. The molecule has 0 unspecified atom stereocenters. The number of hydrogen-bond acceptors (Lipinski definition) is 2. The monoisotopic (exact) mass is 282 g/mol. The number of hydrogen-bond donors (Lipinski definition) is 2. The number of rotatable bonds is 5. The maximum absolute atomic E-state index is 5.90. The predicted octanol–water partition coefficient (Wildman–Crippen LogP) is 2.48. The molecule has 0 spiro atoms. The van der Waals surface area contributed by atoms with Crippen molar-refractivity contribution in [2.45, 2.75) is 25.7 Å². The Morgan fingerprint density at radius 2 is 2.14 bits per heavy atom. The molecule has 4 nitrogen and oxygen atoms in total. The number of para-hydroxylation sites is 1. The number of nitrogens with one attached hydrogen (secondary N) is 1. The molecule has 4 heteroatoms. The van der Waals surface area contributed by atoms with Gasteiger partial charge in [0.25, 0.3) is 0 Å². The Bertz CT molecular complexity index is 626. The van der Waals surface area contributed by atoms with Crippen LogP contribution in [-0.4, -0.2) is 24.0 Å². The van der Waals surface area contributed by atoms with E-state index in [1.54, 1.807) is 0 Å². The molecular weight excluding hydrogens is 260 g/mol. The van der Waals surface area contributed by atoms with Crippen LogP contribution in [0.5, 0.6) is 0 Å². The number of aromatic nitrogens is 1. The first-order valence-corrected chi connectivity index (χ1v) is 7.69. The van der Waals surface area contributed by atoms with Crippen LogP contribution in [0.2, 0.25) is 0 Å². The highest BCUT2D eigenvalue weighted by molar-refractivity contribution is 5.81. The highest BCUT2D eigenvalue weighted by Crippen LogP contribution is 2.26. The third kappa shape index (κ3) is 3.51. The smallest absolute Gasteiger partial charge is 0.188 e. The number of nitrogens with two attached hydrogens (primary N) is 1. The van der Waals surface area contributed by atoms with Crippen LogP contribution in [0.15, 0.2) is 41.5 Å². The van der Waals surface area contributed by atoms with E-state index in [-0.39, 0.29) is 0 Å². The average molecular weight is 282 g/mol. The highest BCUT2D eigenvalue weighted by atomic mass is 15.1. The zero-order chi connectivity index (χ0) is 14.5. The standard InChI is InChI=1S/C17H22N4/c18-17(21-12-13-4-1-5-13)20-11-9-15-7-2-6-14-8-3-10-19-16(14)15/h2-3,6-8,10,13H,1,4-5,9,11-12H2,(H3,18,20,21). The SMILES string of the molecule is NC(=NCC1CCC1)NCCc1cccc2cccnc12. The summed E-state index contributed by atoms with van der Waals surface area (Å²) in [6, 6.07) is 10.4. The van der Waals surface area contributed by atoms with E-state index in [0.717, 1.165) is 30.9 Å². The van der Waals surface area contributed by atoms with E-state index in [4.69, 9.17) is 5.73 Å². The van der Waals surface area contributed by atoms with Crippen LogP contribution in [0.4, 0.5) is 0 Å². The summed E-state index contributed by atoms with van der Waals surface area (Å²) in [6.45, 7) is 1.66. The lowest BCUT2D eigenvalue weighted by Gasteiger charge is -2.23. The van der Waals surface area contributed by atoms with Crippen LogP contribution >= 0.6 is 0 Å². The summed E-state index contributed by atoms with van der Waals surface area (Å²) in [4.78, 5) is 8.88. The third-order valence-electron chi connectivity index (χ3n) is 4.16. The predicted molar refractivity (Wildman–Crippen MR) is 87.3 cm³/mol. The van der Waals surface area contributed by atoms with Crippen LogP contribution in [0.25, 0.3) is 10.9 Å². The van der Waals surface area contributed by atoms with Crippen molar-refractivity contribution in [2.75, 3.05) is 13.1 Å². The van der Waals surface area contributed by atoms with Gasteiger partial charge in [-0.1, -0.05) is 30.7 Å². The molecule has 1 fully saturated rings. The molecule has 21 heavy (non-hydrogen) atoms. The number of benzene rings is 1. The minimum absolute atomic E-state index is 0.565. The van der Waals surface area contributed by atoms with Crippen molar-refractivity contribution in [3.05, 3.63) is 42.1 Å². The van der Waals surface area contributed by atoms with E-state index in [9.17, 15) is 0 Å². The van der Waals surface area contributed by atoms with Crippen molar-refractivity contribution in [1.82, 2.24) is 10.3 Å². The van der Waals surface area contributed by atoms with Crippen molar-refractivity contribution in [3.63, 3.8) is 0 Å². The largest absolute Gasteiger partial charge is 0.370 e. The number of fused-ring (bicyclic) bond motifs is 1. The first-order chi connectivity index (χ1) is 10.3. The molecule has 110 valence electrons. The van der Waals surface area contributed by atoms with Gasteiger partial charge in [0, 0.05) is 24.7 Å². The zero-order valence-corrected chi connectivity index (χ0v) is 12.3. The van der Waals surface area contributed by atoms with Crippen molar-refractivity contribution in [1.29, 1.82) is 0 Å². The van der Waals surface area contributed by atoms with Crippen molar-refractivity contribution in [2.24, 2.45) is 16.6 Å².